The van der Waals surface area contributed by atoms with E-state index in [0.29, 0.717) is 0 Å². The number of aromatic hydroxyl groups is 1. The van der Waals surface area contributed by atoms with Crippen LogP contribution in [0.3, 0.4) is 0 Å². The second-order valence-electron chi connectivity index (χ2n) is 6.63. The van der Waals surface area contributed by atoms with Crippen molar-refractivity contribution in [2.24, 2.45) is 0 Å². The van der Waals surface area contributed by atoms with E-state index in [1.54, 1.807) is 18.2 Å². The van der Waals surface area contributed by atoms with E-state index in [0.717, 1.165) is 37.3 Å². The molecule has 0 aromatic heterocycles. The monoisotopic (exact) mass is 410 g/mol. The van der Waals surface area contributed by atoms with Crippen LogP contribution in [0.5, 0.6) is 17.2 Å². The number of phenols is 1. The summed E-state index contributed by atoms with van der Waals surface area (Å²) >= 11 is 0. The standard InChI is InChI=1S/C20H21F3N2O4/c1-13(26)28-18-7-4-15(12-17(18)27)19(25-10-8-24-9-11-25)14-2-5-16(6-3-14)29-20(21,22)23/h2-7,12,19,24,27H,8-11H2,1H3/t19-/m1/s1. The van der Waals surface area contributed by atoms with Crippen molar-refractivity contribution in [3.05, 3.63) is 53.6 Å². The van der Waals surface area contributed by atoms with Gasteiger partial charge in [0.05, 0.1) is 6.04 Å². The van der Waals surface area contributed by atoms with Crippen molar-refractivity contribution in [3.63, 3.8) is 0 Å². The number of carbonyl (C=O) groups is 1. The molecular formula is C20H21F3N2O4. The number of ether oxygens (including phenoxy) is 2. The van der Waals surface area contributed by atoms with E-state index >= 15 is 0 Å². The van der Waals surface area contributed by atoms with Gasteiger partial charge in [-0.2, -0.15) is 0 Å². The van der Waals surface area contributed by atoms with Gasteiger partial charge in [0.25, 0.3) is 0 Å². The summed E-state index contributed by atoms with van der Waals surface area (Å²) in [7, 11) is 0. The number of benzene rings is 2. The Bertz CT molecular complexity index is 850. The molecule has 156 valence electrons. The van der Waals surface area contributed by atoms with Gasteiger partial charge in [0.2, 0.25) is 0 Å². The van der Waals surface area contributed by atoms with Crippen molar-refractivity contribution in [2.75, 3.05) is 26.2 Å². The number of esters is 1. The number of alkyl halides is 3. The molecule has 1 heterocycles. The Morgan fingerprint density at radius 1 is 1.10 bits per heavy atom. The first-order valence-corrected chi connectivity index (χ1v) is 9.05. The Labute approximate surface area is 165 Å². The molecule has 1 atom stereocenters. The highest BCUT2D eigenvalue weighted by Gasteiger charge is 2.31. The maximum atomic E-state index is 12.4. The van der Waals surface area contributed by atoms with Crippen molar-refractivity contribution in [2.45, 2.75) is 19.3 Å². The zero-order valence-electron chi connectivity index (χ0n) is 15.7. The molecule has 0 bridgehead atoms. The number of nitrogens with one attached hydrogen (secondary N) is 1. The molecule has 2 aromatic carbocycles. The van der Waals surface area contributed by atoms with Gasteiger partial charge in [0, 0.05) is 33.1 Å². The summed E-state index contributed by atoms with van der Waals surface area (Å²) in [6.45, 7) is 4.21. The molecule has 3 rings (SSSR count). The van der Waals surface area contributed by atoms with Crippen LogP contribution in [-0.4, -0.2) is 48.5 Å². The largest absolute Gasteiger partial charge is 0.573 e. The summed E-state index contributed by atoms with van der Waals surface area (Å²) in [6.07, 6.45) is -4.75. The van der Waals surface area contributed by atoms with E-state index < -0.39 is 12.3 Å². The van der Waals surface area contributed by atoms with E-state index in [9.17, 15) is 23.1 Å². The third-order valence-electron chi connectivity index (χ3n) is 4.50. The topological polar surface area (TPSA) is 71.0 Å². The minimum absolute atomic E-state index is 0.0502. The van der Waals surface area contributed by atoms with Crippen LogP contribution in [0.25, 0.3) is 0 Å². The van der Waals surface area contributed by atoms with Crippen molar-refractivity contribution >= 4 is 5.97 Å². The smallest absolute Gasteiger partial charge is 0.504 e. The van der Waals surface area contributed by atoms with Crippen LogP contribution >= 0.6 is 0 Å². The molecule has 1 fully saturated rings. The van der Waals surface area contributed by atoms with Crippen molar-refractivity contribution < 1.29 is 32.5 Å². The van der Waals surface area contributed by atoms with Crippen LogP contribution < -0.4 is 14.8 Å². The van der Waals surface area contributed by atoms with E-state index in [2.05, 4.69) is 15.0 Å². The third kappa shape index (κ3) is 5.61. The predicted molar refractivity (Wildman–Crippen MR) is 98.8 cm³/mol. The molecule has 9 heteroatoms. The minimum atomic E-state index is -4.75. The normalized spacial score (nSPS) is 16.3. The van der Waals surface area contributed by atoms with Crippen LogP contribution in [0.4, 0.5) is 13.2 Å². The van der Waals surface area contributed by atoms with Gasteiger partial charge in [-0.05, 0) is 35.4 Å². The third-order valence-corrected chi connectivity index (χ3v) is 4.50. The molecule has 0 spiro atoms. The maximum absolute atomic E-state index is 12.4. The molecule has 2 aromatic rings. The highest BCUT2D eigenvalue weighted by molar-refractivity contribution is 5.70. The zero-order chi connectivity index (χ0) is 21.0. The Morgan fingerprint density at radius 3 is 2.28 bits per heavy atom. The fraction of sp³-hybridized carbons (Fsp3) is 0.350. The molecule has 29 heavy (non-hydrogen) atoms. The number of carbonyl (C=O) groups excluding carboxylic acids is 1. The molecule has 0 radical (unpaired) electrons. The minimum Gasteiger partial charge on any atom is -0.504 e. The van der Waals surface area contributed by atoms with Gasteiger partial charge in [-0.3, -0.25) is 9.69 Å². The lowest BCUT2D eigenvalue weighted by molar-refractivity contribution is -0.274. The fourth-order valence-electron chi connectivity index (χ4n) is 3.35. The molecule has 2 N–H and O–H groups in total. The maximum Gasteiger partial charge on any atom is 0.573 e. The lowest BCUT2D eigenvalue weighted by Crippen LogP contribution is -2.45. The summed E-state index contributed by atoms with van der Waals surface area (Å²) in [5, 5.41) is 13.5. The summed E-state index contributed by atoms with van der Waals surface area (Å²) in [5.74, 6) is -0.982. The second-order valence-corrected chi connectivity index (χ2v) is 6.63. The first-order valence-electron chi connectivity index (χ1n) is 9.05. The number of hydrogen-bond donors (Lipinski definition) is 2. The first kappa shape index (κ1) is 20.9. The van der Waals surface area contributed by atoms with Crippen LogP contribution in [0.1, 0.15) is 24.1 Å². The van der Waals surface area contributed by atoms with Gasteiger partial charge in [0.1, 0.15) is 5.75 Å². The molecule has 1 aliphatic heterocycles. The van der Waals surface area contributed by atoms with Crippen LogP contribution in [0.15, 0.2) is 42.5 Å². The SMILES string of the molecule is CC(=O)Oc1ccc([C@@H](c2ccc(OC(F)(F)F)cc2)N2CCNCC2)cc1O. The number of halogens is 3. The second kappa shape index (κ2) is 8.71. The number of piperazine rings is 1. The molecule has 1 aliphatic rings. The predicted octanol–water partition coefficient (Wildman–Crippen LogP) is 3.21. The average molecular weight is 410 g/mol. The highest BCUT2D eigenvalue weighted by Crippen LogP contribution is 2.36. The van der Waals surface area contributed by atoms with Gasteiger partial charge >= 0.3 is 12.3 Å². The first-order chi connectivity index (χ1) is 13.7. The Hall–Kier alpha value is -2.78. The Morgan fingerprint density at radius 2 is 1.72 bits per heavy atom. The molecule has 0 aliphatic carbocycles. The molecule has 1 saturated heterocycles. The number of nitrogens with zero attached hydrogens (tertiary/aromatic N) is 1. The van der Waals surface area contributed by atoms with E-state index in [1.807, 2.05) is 0 Å². The van der Waals surface area contributed by atoms with Gasteiger partial charge in [-0.1, -0.05) is 18.2 Å². The highest BCUT2D eigenvalue weighted by atomic mass is 19.4. The number of phenolic OH excluding ortho intramolecular Hbond substituents is 1. The Kier molecular flexibility index (Phi) is 6.29. The molecule has 6 nitrogen and oxygen atoms in total. The van der Waals surface area contributed by atoms with Crippen LogP contribution in [-0.2, 0) is 4.79 Å². The van der Waals surface area contributed by atoms with Gasteiger partial charge in [-0.25, -0.2) is 0 Å². The summed E-state index contributed by atoms with van der Waals surface area (Å²) in [6, 6.07) is 10.1. The van der Waals surface area contributed by atoms with Crippen LogP contribution in [0.2, 0.25) is 0 Å². The lowest BCUT2D eigenvalue weighted by Gasteiger charge is -2.35. The molecule has 0 saturated carbocycles. The van der Waals surface area contributed by atoms with Crippen molar-refractivity contribution in [1.29, 1.82) is 0 Å². The molecule has 0 amide bonds. The number of rotatable bonds is 5. The number of hydrogen-bond acceptors (Lipinski definition) is 6. The molecule has 0 unspecified atom stereocenters. The summed E-state index contributed by atoms with van der Waals surface area (Å²) < 4.78 is 46.2. The van der Waals surface area contributed by atoms with Crippen molar-refractivity contribution in [3.8, 4) is 17.2 Å². The van der Waals surface area contributed by atoms with E-state index in [4.69, 9.17) is 4.74 Å². The van der Waals surface area contributed by atoms with Gasteiger partial charge < -0.3 is 19.9 Å². The fourth-order valence-corrected chi connectivity index (χ4v) is 3.35. The Balaban J connectivity index is 1.93. The lowest BCUT2D eigenvalue weighted by atomic mass is 9.96. The summed E-state index contributed by atoms with van der Waals surface area (Å²) in [4.78, 5) is 13.3. The molecular weight excluding hydrogens is 389 g/mol. The van der Waals surface area contributed by atoms with Crippen LogP contribution in [0, 0.1) is 0 Å². The van der Waals surface area contributed by atoms with Crippen molar-refractivity contribution in [1.82, 2.24) is 10.2 Å². The van der Waals surface area contributed by atoms with Gasteiger partial charge in [0.15, 0.2) is 11.5 Å². The zero-order valence-corrected chi connectivity index (χ0v) is 15.7. The quantitative estimate of drug-likeness (QED) is 0.583. The van der Waals surface area contributed by atoms with E-state index in [-0.39, 0.29) is 23.3 Å². The van der Waals surface area contributed by atoms with E-state index in [1.165, 1.54) is 31.2 Å². The summed E-state index contributed by atoms with van der Waals surface area (Å²) in [5.41, 5.74) is 1.48. The van der Waals surface area contributed by atoms with Gasteiger partial charge in [-0.15, -0.1) is 13.2 Å². The average Bonchev–Trinajstić information content (AvgIpc) is 2.65.